The van der Waals surface area contributed by atoms with Crippen molar-refractivity contribution >= 4 is 5.91 Å². The van der Waals surface area contributed by atoms with Crippen molar-refractivity contribution in [3.63, 3.8) is 0 Å². The molecule has 4 heteroatoms. The molecule has 0 aromatic heterocycles. The molecule has 2 unspecified atom stereocenters. The lowest BCUT2D eigenvalue weighted by atomic mass is 9.89. The van der Waals surface area contributed by atoms with Gasteiger partial charge in [0.2, 0.25) is 5.91 Å². The van der Waals surface area contributed by atoms with Crippen LogP contribution in [0.5, 0.6) is 0 Å². The van der Waals surface area contributed by atoms with Crippen LogP contribution in [0.1, 0.15) is 37.7 Å². The summed E-state index contributed by atoms with van der Waals surface area (Å²) in [6.07, 6.45) is 5.44. The van der Waals surface area contributed by atoms with Gasteiger partial charge in [0.15, 0.2) is 0 Å². The first-order valence-electron chi connectivity index (χ1n) is 7.84. The fourth-order valence-electron chi connectivity index (χ4n) is 3.70. The smallest absolute Gasteiger partial charge is 0.222 e. The van der Waals surface area contributed by atoms with Crippen molar-refractivity contribution in [2.45, 2.75) is 50.7 Å². The van der Waals surface area contributed by atoms with E-state index in [9.17, 15) is 9.18 Å². The highest BCUT2D eigenvalue weighted by Crippen LogP contribution is 2.32. The molecular weight excluding hydrogens is 267 g/mol. The molecule has 2 heterocycles. The highest BCUT2D eigenvalue weighted by molar-refractivity contribution is 5.76. The first kappa shape index (κ1) is 14.5. The molecule has 1 aromatic rings. The van der Waals surface area contributed by atoms with E-state index < -0.39 is 0 Å². The number of halogens is 1. The maximum Gasteiger partial charge on any atom is 0.222 e. The van der Waals surface area contributed by atoms with Crippen LogP contribution >= 0.6 is 0 Å². The molecule has 0 aliphatic carbocycles. The molecule has 2 bridgehead atoms. The number of amides is 1. The number of hydrogen-bond acceptors (Lipinski definition) is 2. The lowest BCUT2D eigenvalue weighted by Crippen LogP contribution is -2.39. The number of carbonyl (C=O) groups is 1. The highest BCUT2D eigenvalue weighted by Gasteiger charge is 2.34. The van der Waals surface area contributed by atoms with E-state index in [1.165, 1.54) is 25.0 Å². The molecular formula is C17H23FN2O. The molecule has 1 N–H and O–H groups in total. The number of benzene rings is 1. The van der Waals surface area contributed by atoms with Crippen LogP contribution < -0.4 is 5.32 Å². The summed E-state index contributed by atoms with van der Waals surface area (Å²) in [7, 11) is 1.83. The van der Waals surface area contributed by atoms with Crippen molar-refractivity contribution in [2.24, 2.45) is 5.92 Å². The van der Waals surface area contributed by atoms with Crippen LogP contribution in [-0.2, 0) is 11.3 Å². The first-order valence-corrected chi connectivity index (χ1v) is 7.84. The van der Waals surface area contributed by atoms with E-state index in [0.29, 0.717) is 31.0 Å². The molecule has 114 valence electrons. The van der Waals surface area contributed by atoms with Crippen molar-refractivity contribution in [1.82, 2.24) is 10.2 Å². The lowest BCUT2D eigenvalue weighted by molar-refractivity contribution is -0.131. The van der Waals surface area contributed by atoms with Gasteiger partial charge < -0.3 is 10.2 Å². The predicted molar refractivity (Wildman–Crippen MR) is 80.2 cm³/mol. The number of hydrogen-bond donors (Lipinski definition) is 1. The minimum atomic E-state index is -0.238. The molecule has 1 amide bonds. The fraction of sp³-hybridized carbons (Fsp3) is 0.588. The van der Waals surface area contributed by atoms with Crippen molar-refractivity contribution in [2.75, 3.05) is 7.05 Å². The van der Waals surface area contributed by atoms with Gasteiger partial charge in [-0.25, -0.2) is 4.39 Å². The summed E-state index contributed by atoms with van der Waals surface area (Å²) in [5.41, 5.74) is 0.970. The van der Waals surface area contributed by atoms with E-state index in [1.54, 1.807) is 17.0 Å². The Labute approximate surface area is 125 Å². The molecule has 3 nitrogen and oxygen atoms in total. The number of piperidine rings is 1. The summed E-state index contributed by atoms with van der Waals surface area (Å²) in [6.45, 7) is 0.553. The minimum Gasteiger partial charge on any atom is -0.341 e. The molecule has 0 saturated carbocycles. The van der Waals surface area contributed by atoms with Gasteiger partial charge in [0.1, 0.15) is 5.82 Å². The molecule has 2 fully saturated rings. The third-order valence-electron chi connectivity index (χ3n) is 4.79. The number of nitrogens with zero attached hydrogens (tertiary/aromatic N) is 1. The Morgan fingerprint density at radius 3 is 2.48 bits per heavy atom. The summed E-state index contributed by atoms with van der Waals surface area (Å²) in [5.74, 6) is 0.482. The van der Waals surface area contributed by atoms with Gasteiger partial charge in [-0.05, 0) is 49.3 Å². The monoisotopic (exact) mass is 290 g/mol. The van der Waals surface area contributed by atoms with Crippen molar-refractivity contribution < 1.29 is 9.18 Å². The molecule has 21 heavy (non-hydrogen) atoms. The molecule has 2 saturated heterocycles. The maximum absolute atomic E-state index is 12.9. The van der Waals surface area contributed by atoms with Crippen LogP contribution in [0.25, 0.3) is 0 Å². The van der Waals surface area contributed by atoms with Crippen LogP contribution in [0.15, 0.2) is 24.3 Å². The van der Waals surface area contributed by atoms with Gasteiger partial charge in [0.05, 0.1) is 0 Å². The van der Waals surface area contributed by atoms with Gasteiger partial charge in [-0.3, -0.25) is 4.79 Å². The number of rotatable bonds is 4. The Kier molecular flexibility index (Phi) is 4.24. The van der Waals surface area contributed by atoms with Crippen molar-refractivity contribution in [3.8, 4) is 0 Å². The van der Waals surface area contributed by atoms with Crippen LogP contribution in [0, 0.1) is 11.7 Å². The van der Waals surface area contributed by atoms with Crippen LogP contribution in [0.2, 0.25) is 0 Å². The molecule has 3 rings (SSSR count). The van der Waals surface area contributed by atoms with E-state index >= 15 is 0 Å². The second kappa shape index (κ2) is 6.14. The lowest BCUT2D eigenvalue weighted by Gasteiger charge is -2.30. The SMILES string of the molecule is CN(Cc1ccc(F)cc1)C(=O)CC1CC2CCC(C1)N2. The Hall–Kier alpha value is -1.42. The molecule has 0 radical (unpaired) electrons. The van der Waals surface area contributed by atoms with Gasteiger partial charge in [-0.2, -0.15) is 0 Å². The third-order valence-corrected chi connectivity index (χ3v) is 4.79. The van der Waals surface area contributed by atoms with E-state index in [4.69, 9.17) is 0 Å². The van der Waals surface area contributed by atoms with E-state index in [0.717, 1.165) is 18.4 Å². The Bertz CT molecular complexity index is 490. The zero-order valence-electron chi connectivity index (χ0n) is 12.5. The second-order valence-electron chi connectivity index (χ2n) is 6.56. The quantitative estimate of drug-likeness (QED) is 0.924. The normalized spacial score (nSPS) is 27.6. The van der Waals surface area contributed by atoms with Gasteiger partial charge in [-0.1, -0.05) is 12.1 Å². The molecule has 1 aromatic carbocycles. The Morgan fingerprint density at radius 2 is 1.86 bits per heavy atom. The summed E-state index contributed by atoms with van der Waals surface area (Å²) in [4.78, 5) is 14.1. The molecule has 2 atom stereocenters. The van der Waals surface area contributed by atoms with Crippen LogP contribution in [-0.4, -0.2) is 29.9 Å². The second-order valence-corrected chi connectivity index (χ2v) is 6.56. The first-order chi connectivity index (χ1) is 10.1. The average molecular weight is 290 g/mol. The summed E-state index contributed by atoms with van der Waals surface area (Å²) in [5, 5.41) is 3.61. The fourth-order valence-corrected chi connectivity index (χ4v) is 3.70. The van der Waals surface area contributed by atoms with Gasteiger partial charge in [-0.15, -0.1) is 0 Å². The average Bonchev–Trinajstić information content (AvgIpc) is 2.80. The van der Waals surface area contributed by atoms with Crippen molar-refractivity contribution in [1.29, 1.82) is 0 Å². The summed E-state index contributed by atoms with van der Waals surface area (Å²) < 4.78 is 12.9. The number of carbonyl (C=O) groups excluding carboxylic acids is 1. The number of fused-ring (bicyclic) bond motifs is 2. The van der Waals surface area contributed by atoms with E-state index in [1.807, 2.05) is 7.05 Å². The minimum absolute atomic E-state index is 0.200. The molecule has 2 aliphatic heterocycles. The van der Waals surface area contributed by atoms with Crippen LogP contribution in [0.4, 0.5) is 4.39 Å². The van der Waals surface area contributed by atoms with Gasteiger partial charge in [0.25, 0.3) is 0 Å². The third kappa shape index (κ3) is 3.62. The largest absolute Gasteiger partial charge is 0.341 e. The zero-order chi connectivity index (χ0) is 14.8. The topological polar surface area (TPSA) is 32.3 Å². The van der Waals surface area contributed by atoms with Gasteiger partial charge >= 0.3 is 0 Å². The van der Waals surface area contributed by atoms with E-state index in [-0.39, 0.29) is 11.7 Å². The summed E-state index contributed by atoms with van der Waals surface area (Å²) in [6, 6.07) is 7.62. The molecule has 2 aliphatic rings. The van der Waals surface area contributed by atoms with Gasteiger partial charge in [0, 0.05) is 32.1 Å². The number of nitrogens with one attached hydrogen (secondary N) is 1. The standard InChI is InChI=1S/C17H23FN2O/c1-20(11-12-2-4-14(18)5-3-12)17(21)10-13-8-15-6-7-16(9-13)19-15/h2-5,13,15-16,19H,6-11H2,1H3. The maximum atomic E-state index is 12.9. The Balaban J connectivity index is 1.51. The zero-order valence-corrected chi connectivity index (χ0v) is 12.5. The molecule has 0 spiro atoms. The Morgan fingerprint density at radius 1 is 1.24 bits per heavy atom. The highest BCUT2D eigenvalue weighted by atomic mass is 19.1. The van der Waals surface area contributed by atoms with Crippen LogP contribution in [0.3, 0.4) is 0 Å². The predicted octanol–water partition coefficient (Wildman–Crippen LogP) is 2.70. The van der Waals surface area contributed by atoms with E-state index in [2.05, 4.69) is 5.32 Å². The van der Waals surface area contributed by atoms with Crippen molar-refractivity contribution in [3.05, 3.63) is 35.6 Å². The summed E-state index contributed by atoms with van der Waals surface area (Å²) >= 11 is 0.